The van der Waals surface area contributed by atoms with Crippen molar-refractivity contribution in [2.24, 2.45) is 0 Å². The van der Waals surface area contributed by atoms with Crippen molar-refractivity contribution in [1.29, 1.82) is 0 Å². The lowest BCUT2D eigenvalue weighted by Crippen LogP contribution is -2.50. The number of carbonyl (C=O) groups excluding carboxylic acids is 2. The van der Waals surface area contributed by atoms with E-state index in [9.17, 15) is 19.5 Å². The summed E-state index contributed by atoms with van der Waals surface area (Å²) in [4.78, 5) is 36.6. The number of aliphatic carboxylic acids is 1. The largest absolute Gasteiger partial charge is 0.480 e. The van der Waals surface area contributed by atoms with E-state index in [2.05, 4.69) is 21.3 Å². The normalized spacial score (nSPS) is 17.4. The van der Waals surface area contributed by atoms with Crippen LogP contribution in [0.25, 0.3) is 11.1 Å². The second-order valence-corrected chi connectivity index (χ2v) is 10.3. The van der Waals surface area contributed by atoms with E-state index in [0.29, 0.717) is 5.69 Å². The van der Waals surface area contributed by atoms with Crippen molar-refractivity contribution in [1.82, 2.24) is 16.0 Å². The monoisotopic (exact) mass is 506 g/mol. The molecule has 0 saturated heterocycles. The fraction of sp³-hybridized carbons (Fsp3) is 0.483. The van der Waals surface area contributed by atoms with Crippen molar-refractivity contribution in [3.05, 3.63) is 54.1 Å². The zero-order valence-corrected chi connectivity index (χ0v) is 21.3. The Morgan fingerprint density at radius 1 is 0.757 bits per heavy atom. The third-order valence-electron chi connectivity index (χ3n) is 7.33. The molecule has 1 atom stereocenters. The number of carbonyl (C=O) groups is 3. The molecule has 0 radical (unpaired) electrons. The summed E-state index contributed by atoms with van der Waals surface area (Å²) in [6.07, 6.45) is 11.1. The predicted molar refractivity (Wildman–Crippen MR) is 145 cm³/mol. The van der Waals surface area contributed by atoms with Crippen LogP contribution in [0.15, 0.2) is 48.5 Å². The molecule has 0 spiro atoms. The molecule has 5 N–H and O–H groups in total. The molecule has 2 aliphatic rings. The first-order valence-corrected chi connectivity index (χ1v) is 13.5. The molecule has 8 heteroatoms. The Hall–Kier alpha value is -3.55. The minimum Gasteiger partial charge on any atom is -0.480 e. The first-order chi connectivity index (χ1) is 18.0. The molecular weight excluding hydrogens is 468 g/mol. The van der Waals surface area contributed by atoms with Crippen LogP contribution in [0.5, 0.6) is 0 Å². The lowest BCUT2D eigenvalue weighted by Gasteiger charge is -2.24. The molecule has 2 saturated carbocycles. The number of hydrogen-bond donors (Lipinski definition) is 5. The number of anilines is 1. The van der Waals surface area contributed by atoms with Gasteiger partial charge in [-0.05, 0) is 54.5 Å². The standard InChI is InChI=1S/C29H38N4O4/c34-27(35)26(33-29(37)31-24-11-5-2-6-12-24)18-20-14-16-21(17-15-20)22-8-7-13-25(19-22)32-28(36)30-23-9-3-1-4-10-23/h7-8,13-17,19,23-24,26H,1-6,9-12,18H2,(H,34,35)(H2,30,32,36)(H2,31,33,37). The van der Waals surface area contributed by atoms with Crippen molar-refractivity contribution in [3.63, 3.8) is 0 Å². The van der Waals surface area contributed by atoms with E-state index >= 15 is 0 Å². The summed E-state index contributed by atoms with van der Waals surface area (Å²) in [5.41, 5.74) is 3.43. The molecule has 0 heterocycles. The van der Waals surface area contributed by atoms with Crippen LogP contribution in [0.2, 0.25) is 0 Å². The smallest absolute Gasteiger partial charge is 0.326 e. The van der Waals surface area contributed by atoms with E-state index in [1.54, 1.807) is 0 Å². The van der Waals surface area contributed by atoms with E-state index in [0.717, 1.165) is 68.1 Å². The Morgan fingerprint density at radius 2 is 1.35 bits per heavy atom. The molecule has 198 valence electrons. The molecule has 2 fully saturated rings. The predicted octanol–water partition coefficient (Wildman–Crippen LogP) is 5.44. The van der Waals surface area contributed by atoms with E-state index < -0.39 is 18.0 Å². The van der Waals surface area contributed by atoms with Gasteiger partial charge in [0.15, 0.2) is 0 Å². The van der Waals surface area contributed by atoms with Crippen LogP contribution in [0.1, 0.15) is 69.8 Å². The fourth-order valence-corrected chi connectivity index (χ4v) is 5.28. The molecule has 0 aromatic heterocycles. The van der Waals surface area contributed by atoms with Crippen LogP contribution in [0.4, 0.5) is 15.3 Å². The zero-order chi connectivity index (χ0) is 26.0. The molecule has 4 amide bonds. The Bertz CT molecular complexity index is 1060. The molecular formula is C29H38N4O4. The Labute approximate surface area is 218 Å². The Kier molecular flexibility index (Phi) is 9.40. The van der Waals surface area contributed by atoms with E-state index in [1.165, 1.54) is 12.8 Å². The van der Waals surface area contributed by atoms with Gasteiger partial charge in [-0.3, -0.25) is 0 Å². The number of urea groups is 2. The Balaban J connectivity index is 1.32. The number of nitrogens with one attached hydrogen (secondary N) is 4. The lowest BCUT2D eigenvalue weighted by atomic mass is 9.96. The number of rotatable bonds is 8. The zero-order valence-electron chi connectivity index (χ0n) is 21.3. The maximum Gasteiger partial charge on any atom is 0.326 e. The summed E-state index contributed by atoms with van der Waals surface area (Å²) in [5, 5.41) is 21.2. The van der Waals surface area contributed by atoms with Crippen molar-refractivity contribution in [3.8, 4) is 11.1 Å². The van der Waals surface area contributed by atoms with Crippen LogP contribution in [0.3, 0.4) is 0 Å². The summed E-state index contributed by atoms with van der Waals surface area (Å²) in [6, 6.07) is 14.0. The van der Waals surface area contributed by atoms with Crippen LogP contribution in [-0.2, 0) is 11.2 Å². The van der Waals surface area contributed by atoms with Crippen LogP contribution >= 0.6 is 0 Å². The Morgan fingerprint density at radius 3 is 1.95 bits per heavy atom. The molecule has 2 aromatic rings. The maximum atomic E-state index is 12.4. The summed E-state index contributed by atoms with van der Waals surface area (Å²) < 4.78 is 0. The summed E-state index contributed by atoms with van der Waals surface area (Å²) >= 11 is 0. The number of hydrogen-bond acceptors (Lipinski definition) is 3. The second kappa shape index (κ2) is 13.1. The molecule has 37 heavy (non-hydrogen) atoms. The van der Waals surface area contributed by atoms with Gasteiger partial charge in [0.05, 0.1) is 0 Å². The summed E-state index contributed by atoms with van der Waals surface area (Å²) in [6.45, 7) is 0. The summed E-state index contributed by atoms with van der Waals surface area (Å²) in [7, 11) is 0. The third kappa shape index (κ3) is 8.23. The van der Waals surface area contributed by atoms with Gasteiger partial charge in [0.25, 0.3) is 0 Å². The highest BCUT2D eigenvalue weighted by Crippen LogP contribution is 2.24. The lowest BCUT2D eigenvalue weighted by molar-refractivity contribution is -0.139. The minimum atomic E-state index is -1.06. The average Bonchev–Trinajstić information content (AvgIpc) is 2.90. The van der Waals surface area contributed by atoms with Gasteiger partial charge in [0.2, 0.25) is 0 Å². The van der Waals surface area contributed by atoms with Crippen LogP contribution < -0.4 is 21.3 Å². The van der Waals surface area contributed by atoms with Crippen molar-refractivity contribution in [2.45, 2.75) is 88.8 Å². The number of carboxylic acid groups (broad SMARTS) is 1. The van der Waals surface area contributed by atoms with E-state index in [1.807, 2.05) is 48.5 Å². The first kappa shape index (κ1) is 26.5. The second-order valence-electron chi connectivity index (χ2n) is 10.3. The first-order valence-electron chi connectivity index (χ1n) is 13.5. The average molecular weight is 507 g/mol. The molecule has 2 aliphatic carbocycles. The number of benzene rings is 2. The molecule has 0 aliphatic heterocycles. The van der Waals surface area contributed by atoms with Crippen molar-refractivity contribution in [2.75, 3.05) is 5.32 Å². The highest BCUT2D eigenvalue weighted by atomic mass is 16.4. The summed E-state index contributed by atoms with van der Waals surface area (Å²) in [5.74, 6) is -1.06. The quantitative estimate of drug-likeness (QED) is 0.328. The van der Waals surface area contributed by atoms with Crippen LogP contribution in [0, 0.1) is 0 Å². The van der Waals surface area contributed by atoms with Crippen LogP contribution in [-0.4, -0.2) is 41.3 Å². The molecule has 0 bridgehead atoms. The molecule has 1 unspecified atom stereocenters. The highest BCUT2D eigenvalue weighted by Gasteiger charge is 2.23. The van der Waals surface area contributed by atoms with Gasteiger partial charge >= 0.3 is 18.0 Å². The van der Waals surface area contributed by atoms with Crippen molar-refractivity contribution < 1.29 is 19.5 Å². The molecule has 8 nitrogen and oxygen atoms in total. The third-order valence-corrected chi connectivity index (χ3v) is 7.33. The van der Waals surface area contributed by atoms with Gasteiger partial charge in [-0.1, -0.05) is 74.9 Å². The van der Waals surface area contributed by atoms with Gasteiger partial charge in [-0.25, -0.2) is 14.4 Å². The van der Waals surface area contributed by atoms with Gasteiger partial charge < -0.3 is 26.4 Å². The molecule has 2 aromatic carbocycles. The van der Waals surface area contributed by atoms with Gasteiger partial charge in [-0.15, -0.1) is 0 Å². The van der Waals surface area contributed by atoms with Gasteiger partial charge in [0.1, 0.15) is 6.04 Å². The topological polar surface area (TPSA) is 120 Å². The van der Waals surface area contributed by atoms with Gasteiger partial charge in [-0.2, -0.15) is 0 Å². The fourth-order valence-electron chi connectivity index (χ4n) is 5.28. The maximum absolute atomic E-state index is 12.4. The highest BCUT2D eigenvalue weighted by molar-refractivity contribution is 5.90. The van der Waals surface area contributed by atoms with E-state index in [4.69, 9.17) is 0 Å². The minimum absolute atomic E-state index is 0.117. The SMILES string of the molecule is O=C(Nc1cccc(-c2ccc(CC(NC(=O)NC3CCCCC3)C(=O)O)cc2)c1)NC1CCCCC1. The van der Waals surface area contributed by atoms with Crippen molar-refractivity contribution >= 4 is 23.7 Å². The number of amides is 4. The molecule has 4 rings (SSSR count). The number of carboxylic acids is 1. The van der Waals surface area contributed by atoms with E-state index in [-0.39, 0.29) is 24.5 Å². The van der Waals surface area contributed by atoms with Gasteiger partial charge in [0, 0.05) is 24.2 Å².